The number of hydrogen-bond donors (Lipinski definition) is 0. The van der Waals surface area contributed by atoms with E-state index in [1.54, 1.807) is 0 Å². The first-order valence-corrected chi connectivity index (χ1v) is 8.11. The van der Waals surface area contributed by atoms with Crippen LogP contribution in [0.1, 0.15) is 11.1 Å². The molecule has 1 aliphatic heterocycles. The Morgan fingerprint density at radius 3 is 2.30 bits per heavy atom. The van der Waals surface area contributed by atoms with Crippen molar-refractivity contribution in [3.8, 4) is 0 Å². The molecule has 2 rings (SSSR count). The van der Waals surface area contributed by atoms with E-state index >= 15 is 0 Å². The largest absolute Gasteiger partial charge is 0.466 e. The molecule has 148 valence electrons. The number of rotatable bonds is 3. The maximum atomic E-state index is 13.4. The van der Waals surface area contributed by atoms with E-state index in [0.29, 0.717) is 6.07 Å². The molecular formula is C16H14Cl2F3NO5. The molecule has 1 aliphatic rings. The number of carbonyl (C=O) groups is 2. The summed E-state index contributed by atoms with van der Waals surface area (Å²) in [6, 6.07) is 0.691. The highest BCUT2D eigenvalue weighted by molar-refractivity contribution is 6.44. The molecule has 0 saturated carbocycles. The van der Waals surface area contributed by atoms with Crippen LogP contribution in [-0.2, 0) is 30.0 Å². The van der Waals surface area contributed by atoms with Gasteiger partial charge in [0.15, 0.2) is 0 Å². The van der Waals surface area contributed by atoms with E-state index in [1.165, 1.54) is 6.92 Å². The topological polar surface area (TPSA) is 65.1 Å². The second-order valence-electron chi connectivity index (χ2n) is 5.41. The van der Waals surface area contributed by atoms with Crippen molar-refractivity contribution in [2.45, 2.75) is 13.1 Å². The molecule has 1 aromatic rings. The summed E-state index contributed by atoms with van der Waals surface area (Å²) in [6.45, 7) is 0.516. The Morgan fingerprint density at radius 2 is 1.78 bits per heavy atom. The van der Waals surface area contributed by atoms with Crippen LogP contribution in [0.25, 0.3) is 0 Å². The summed E-state index contributed by atoms with van der Waals surface area (Å²) in [5.41, 5.74) is -2.12. The van der Waals surface area contributed by atoms with E-state index in [2.05, 4.69) is 9.47 Å². The highest BCUT2D eigenvalue weighted by Gasteiger charge is 2.39. The van der Waals surface area contributed by atoms with E-state index in [-0.39, 0.29) is 45.9 Å². The van der Waals surface area contributed by atoms with Crippen molar-refractivity contribution in [3.63, 3.8) is 0 Å². The lowest BCUT2D eigenvalue weighted by atomic mass is 10.0. The Hall–Kier alpha value is -1.97. The summed E-state index contributed by atoms with van der Waals surface area (Å²) in [6.07, 6.45) is -4.72. The number of nitrogens with zero attached hydrogens (tertiary/aromatic N) is 1. The third-order valence-corrected chi connectivity index (χ3v) is 4.63. The molecule has 0 N–H and O–H groups in total. The van der Waals surface area contributed by atoms with Gasteiger partial charge in [-0.2, -0.15) is 13.2 Å². The minimum Gasteiger partial charge on any atom is -0.466 e. The summed E-state index contributed by atoms with van der Waals surface area (Å²) in [7, 11) is 2.15. The first-order valence-electron chi connectivity index (χ1n) is 7.35. The number of ether oxygens (including phenoxy) is 3. The normalized spacial score (nSPS) is 15.0. The number of halogens is 5. The maximum absolute atomic E-state index is 13.4. The third kappa shape index (κ3) is 3.99. The van der Waals surface area contributed by atoms with Gasteiger partial charge in [-0.1, -0.05) is 23.2 Å². The van der Waals surface area contributed by atoms with E-state index in [0.717, 1.165) is 19.1 Å². The fraction of sp³-hybridized carbons (Fsp3) is 0.375. The Labute approximate surface area is 162 Å². The van der Waals surface area contributed by atoms with Crippen molar-refractivity contribution < 1.29 is 37.0 Å². The summed E-state index contributed by atoms with van der Waals surface area (Å²) < 4.78 is 54.6. The summed E-state index contributed by atoms with van der Waals surface area (Å²) >= 11 is 12.0. The monoisotopic (exact) mass is 427 g/mol. The molecule has 0 unspecified atom stereocenters. The van der Waals surface area contributed by atoms with Crippen molar-refractivity contribution in [1.29, 1.82) is 0 Å². The van der Waals surface area contributed by atoms with E-state index < -0.39 is 23.7 Å². The second kappa shape index (κ2) is 7.95. The van der Waals surface area contributed by atoms with Crippen molar-refractivity contribution in [1.82, 2.24) is 0 Å². The van der Waals surface area contributed by atoms with Gasteiger partial charge in [0.2, 0.25) is 0 Å². The minimum atomic E-state index is -4.72. The highest BCUT2D eigenvalue weighted by atomic mass is 35.5. The van der Waals surface area contributed by atoms with Crippen LogP contribution >= 0.6 is 23.2 Å². The van der Waals surface area contributed by atoms with Gasteiger partial charge in [0.05, 0.1) is 47.7 Å². The summed E-state index contributed by atoms with van der Waals surface area (Å²) in [5, 5.41) is -0.614. The van der Waals surface area contributed by atoms with Gasteiger partial charge in [0.25, 0.3) is 0 Å². The fourth-order valence-electron chi connectivity index (χ4n) is 2.64. The van der Waals surface area contributed by atoms with Gasteiger partial charge < -0.3 is 19.1 Å². The zero-order chi connectivity index (χ0) is 20.5. The number of methoxy groups -OCH3 is 2. The van der Waals surface area contributed by atoms with Gasteiger partial charge in [-0.15, -0.1) is 0 Å². The molecule has 0 saturated heterocycles. The third-order valence-electron chi connectivity index (χ3n) is 3.86. The van der Waals surface area contributed by atoms with Gasteiger partial charge in [0.1, 0.15) is 12.4 Å². The van der Waals surface area contributed by atoms with Gasteiger partial charge in [-0.3, -0.25) is 0 Å². The fourth-order valence-corrected chi connectivity index (χ4v) is 3.14. The molecule has 11 heteroatoms. The van der Waals surface area contributed by atoms with Crippen LogP contribution in [0, 0.1) is 6.92 Å². The molecule has 0 radical (unpaired) electrons. The second-order valence-corrected chi connectivity index (χ2v) is 6.19. The quantitative estimate of drug-likeness (QED) is 0.685. The number of anilines is 1. The molecule has 0 fully saturated rings. The van der Waals surface area contributed by atoms with Crippen LogP contribution in [0.15, 0.2) is 17.3 Å². The Morgan fingerprint density at radius 1 is 1.19 bits per heavy atom. The SMILES string of the molecule is COC(=O)C1=C(C(=O)OC)N(c2c(C)c(C(F)(F)F)cc(Cl)c2Cl)COC1. The zero-order valence-corrected chi connectivity index (χ0v) is 15.9. The Balaban J connectivity index is 2.81. The van der Waals surface area contributed by atoms with Crippen LogP contribution in [0.4, 0.5) is 18.9 Å². The van der Waals surface area contributed by atoms with Crippen LogP contribution in [-0.4, -0.2) is 39.5 Å². The molecule has 27 heavy (non-hydrogen) atoms. The lowest BCUT2D eigenvalue weighted by molar-refractivity contribution is -0.140. The molecular weight excluding hydrogens is 414 g/mol. The standard InChI is InChI=1S/C16H14Cl2F3NO5/c1-7-9(16(19,20)21)4-10(17)11(18)12(7)22-6-27-5-8(14(23)25-2)13(22)15(24)26-3/h4H,5-6H2,1-3H3. The van der Waals surface area contributed by atoms with Crippen molar-refractivity contribution in [2.75, 3.05) is 32.5 Å². The molecule has 0 amide bonds. The van der Waals surface area contributed by atoms with Gasteiger partial charge in [-0.05, 0) is 18.6 Å². The van der Waals surface area contributed by atoms with Crippen LogP contribution in [0.5, 0.6) is 0 Å². The minimum absolute atomic E-state index is 0.223. The highest BCUT2D eigenvalue weighted by Crippen LogP contribution is 2.45. The average Bonchev–Trinajstić information content (AvgIpc) is 2.62. The van der Waals surface area contributed by atoms with Crippen LogP contribution in [0.2, 0.25) is 10.0 Å². The molecule has 0 atom stereocenters. The van der Waals surface area contributed by atoms with E-state index in [9.17, 15) is 22.8 Å². The number of esters is 2. The number of alkyl halides is 3. The first-order chi connectivity index (χ1) is 12.5. The lowest BCUT2D eigenvalue weighted by Gasteiger charge is -2.33. The molecule has 0 bridgehead atoms. The summed E-state index contributed by atoms with van der Waals surface area (Å²) in [4.78, 5) is 25.3. The smallest absolute Gasteiger partial charge is 0.416 e. The van der Waals surface area contributed by atoms with Gasteiger partial charge in [0, 0.05) is 0 Å². The first kappa shape index (κ1) is 21.3. The van der Waals surface area contributed by atoms with Crippen molar-refractivity contribution in [2.24, 2.45) is 0 Å². The molecule has 0 spiro atoms. The zero-order valence-electron chi connectivity index (χ0n) is 14.4. The van der Waals surface area contributed by atoms with Crippen molar-refractivity contribution >= 4 is 40.8 Å². The predicted octanol–water partition coefficient (Wildman–Crippen LogP) is 3.71. The Bertz CT molecular complexity index is 823. The van der Waals surface area contributed by atoms with Crippen LogP contribution in [0.3, 0.4) is 0 Å². The van der Waals surface area contributed by atoms with E-state index in [4.69, 9.17) is 27.9 Å². The van der Waals surface area contributed by atoms with Gasteiger partial charge in [-0.25, -0.2) is 9.59 Å². The molecule has 6 nitrogen and oxygen atoms in total. The molecule has 0 aliphatic carbocycles. The average molecular weight is 428 g/mol. The summed E-state index contributed by atoms with van der Waals surface area (Å²) in [5.74, 6) is -1.87. The molecule has 1 aromatic carbocycles. The van der Waals surface area contributed by atoms with Crippen molar-refractivity contribution in [3.05, 3.63) is 38.5 Å². The molecule has 1 heterocycles. The predicted molar refractivity (Wildman–Crippen MR) is 90.6 cm³/mol. The maximum Gasteiger partial charge on any atom is 0.416 e. The number of hydrogen-bond acceptors (Lipinski definition) is 6. The lowest BCUT2D eigenvalue weighted by Crippen LogP contribution is -2.39. The van der Waals surface area contributed by atoms with E-state index in [1.807, 2.05) is 0 Å². The van der Waals surface area contributed by atoms with Gasteiger partial charge >= 0.3 is 18.1 Å². The Kier molecular flexibility index (Phi) is 6.28. The number of carbonyl (C=O) groups excluding carboxylic acids is 2. The molecule has 0 aromatic heterocycles. The van der Waals surface area contributed by atoms with Crippen LogP contribution < -0.4 is 4.90 Å². The number of benzene rings is 1.